The van der Waals surface area contributed by atoms with Crippen LogP contribution in [-0.4, -0.2) is 52.0 Å². The highest BCUT2D eigenvalue weighted by molar-refractivity contribution is 5.97. The van der Waals surface area contributed by atoms with Crippen LogP contribution in [0.3, 0.4) is 0 Å². The first kappa shape index (κ1) is 21.5. The Balaban J connectivity index is 1.40. The van der Waals surface area contributed by atoms with Crippen molar-refractivity contribution < 1.29 is 19.4 Å². The van der Waals surface area contributed by atoms with Crippen LogP contribution in [-0.2, 0) is 11.3 Å². The van der Waals surface area contributed by atoms with Crippen molar-refractivity contribution in [2.24, 2.45) is 0 Å². The fraction of sp³-hybridized carbons (Fsp3) is 0.208. The number of hydrogen-bond donors (Lipinski definition) is 2. The van der Waals surface area contributed by atoms with Gasteiger partial charge in [-0.15, -0.1) is 0 Å². The van der Waals surface area contributed by atoms with Crippen molar-refractivity contribution in [1.29, 1.82) is 0 Å². The third-order valence-corrected chi connectivity index (χ3v) is 4.83. The Kier molecular flexibility index (Phi) is 7.06. The van der Waals surface area contributed by atoms with E-state index in [-0.39, 0.29) is 12.5 Å². The number of benzene rings is 2. The summed E-state index contributed by atoms with van der Waals surface area (Å²) >= 11 is 0. The summed E-state index contributed by atoms with van der Waals surface area (Å²) < 4.78 is 12.8. The number of nitrogens with one attached hydrogen (secondary N) is 1. The summed E-state index contributed by atoms with van der Waals surface area (Å²) in [5, 5.41) is 11.6. The number of amides is 1. The van der Waals surface area contributed by atoms with Crippen LogP contribution in [0.4, 0.5) is 0 Å². The van der Waals surface area contributed by atoms with Gasteiger partial charge >= 0.3 is 0 Å². The van der Waals surface area contributed by atoms with Crippen LogP contribution in [0.15, 0.2) is 73.3 Å². The number of aliphatic hydroxyl groups excluding tert-OH is 1. The van der Waals surface area contributed by atoms with Gasteiger partial charge in [0.25, 0.3) is 5.91 Å². The fourth-order valence-electron chi connectivity index (χ4n) is 3.23. The van der Waals surface area contributed by atoms with E-state index in [1.54, 1.807) is 30.9 Å². The van der Waals surface area contributed by atoms with Gasteiger partial charge in [-0.3, -0.25) is 14.3 Å². The van der Waals surface area contributed by atoms with Gasteiger partial charge in [0.15, 0.2) is 0 Å². The first-order valence-electron chi connectivity index (χ1n) is 10.3. The molecule has 0 aliphatic rings. The monoisotopic (exact) mass is 432 g/mol. The average molecular weight is 432 g/mol. The van der Waals surface area contributed by atoms with Crippen molar-refractivity contribution in [3.05, 3.63) is 84.4 Å². The number of pyridine rings is 1. The van der Waals surface area contributed by atoms with Crippen molar-refractivity contribution in [1.82, 2.24) is 19.9 Å². The standard InChI is InChI=1S/C24H24N4O4/c29-10-11-31-12-13-32-21-6-4-20(5-7-21)28-17-27-22-14-19(3-8-23(22)28)24(30)26-16-18-2-1-9-25-15-18/h1-9,14-15,17,29H,10-13,16H2,(H,26,30). The average Bonchev–Trinajstić information content (AvgIpc) is 3.27. The zero-order valence-electron chi connectivity index (χ0n) is 17.5. The molecule has 0 radical (unpaired) electrons. The Morgan fingerprint density at radius 3 is 2.72 bits per heavy atom. The van der Waals surface area contributed by atoms with E-state index in [4.69, 9.17) is 14.6 Å². The van der Waals surface area contributed by atoms with Crippen LogP contribution in [0.2, 0.25) is 0 Å². The predicted molar refractivity (Wildman–Crippen MR) is 120 cm³/mol. The van der Waals surface area contributed by atoms with E-state index in [9.17, 15) is 4.79 Å². The lowest BCUT2D eigenvalue weighted by molar-refractivity contribution is 0.0705. The Hall–Kier alpha value is -3.75. The molecule has 4 rings (SSSR count). The molecule has 2 aromatic carbocycles. The maximum absolute atomic E-state index is 12.5. The number of hydrogen-bond acceptors (Lipinski definition) is 6. The summed E-state index contributed by atoms with van der Waals surface area (Å²) in [6, 6.07) is 16.9. The van der Waals surface area contributed by atoms with E-state index >= 15 is 0 Å². The second-order valence-corrected chi connectivity index (χ2v) is 7.04. The SMILES string of the molecule is O=C(NCc1cccnc1)c1ccc2c(c1)ncn2-c1ccc(OCCOCCO)cc1. The molecule has 4 aromatic rings. The zero-order chi connectivity index (χ0) is 22.2. The number of nitrogens with zero attached hydrogens (tertiary/aromatic N) is 3. The summed E-state index contributed by atoms with van der Waals surface area (Å²) in [5.41, 5.74) is 4.07. The summed E-state index contributed by atoms with van der Waals surface area (Å²) in [7, 11) is 0. The van der Waals surface area contributed by atoms with Gasteiger partial charge in [0, 0.05) is 30.2 Å². The van der Waals surface area contributed by atoms with Crippen LogP contribution < -0.4 is 10.1 Å². The van der Waals surface area contributed by atoms with Crippen molar-refractivity contribution in [3.63, 3.8) is 0 Å². The molecule has 0 unspecified atom stereocenters. The van der Waals surface area contributed by atoms with Crippen LogP contribution in [0.1, 0.15) is 15.9 Å². The molecule has 2 N–H and O–H groups in total. The topological polar surface area (TPSA) is 98.5 Å². The minimum absolute atomic E-state index is 0.00509. The first-order valence-corrected chi connectivity index (χ1v) is 10.3. The number of aromatic nitrogens is 3. The zero-order valence-corrected chi connectivity index (χ0v) is 17.5. The molecule has 0 fully saturated rings. The van der Waals surface area contributed by atoms with Gasteiger partial charge in [0.2, 0.25) is 0 Å². The molecular weight excluding hydrogens is 408 g/mol. The molecule has 0 spiro atoms. The van der Waals surface area contributed by atoms with Gasteiger partial charge < -0.3 is 19.9 Å². The molecular formula is C24H24N4O4. The largest absolute Gasteiger partial charge is 0.491 e. The minimum Gasteiger partial charge on any atom is -0.491 e. The quantitative estimate of drug-likeness (QED) is 0.374. The van der Waals surface area contributed by atoms with E-state index < -0.39 is 0 Å². The molecule has 0 aliphatic heterocycles. The van der Waals surface area contributed by atoms with Crippen LogP contribution in [0.25, 0.3) is 16.7 Å². The number of carbonyl (C=O) groups excluding carboxylic acids is 1. The van der Waals surface area contributed by atoms with Gasteiger partial charge in [0.1, 0.15) is 18.7 Å². The van der Waals surface area contributed by atoms with Crippen molar-refractivity contribution >= 4 is 16.9 Å². The van der Waals surface area contributed by atoms with E-state index in [1.807, 2.05) is 47.0 Å². The summed E-state index contributed by atoms with van der Waals surface area (Å²) in [6.45, 7) is 1.57. The molecule has 8 nitrogen and oxygen atoms in total. The highest BCUT2D eigenvalue weighted by Gasteiger charge is 2.10. The van der Waals surface area contributed by atoms with Gasteiger partial charge in [-0.05, 0) is 54.1 Å². The lowest BCUT2D eigenvalue weighted by atomic mass is 10.1. The molecule has 0 aliphatic carbocycles. The number of imidazole rings is 1. The maximum Gasteiger partial charge on any atom is 0.251 e. The van der Waals surface area contributed by atoms with E-state index in [1.165, 1.54) is 0 Å². The van der Waals surface area contributed by atoms with Crippen molar-refractivity contribution in [2.75, 3.05) is 26.4 Å². The highest BCUT2D eigenvalue weighted by Crippen LogP contribution is 2.21. The normalized spacial score (nSPS) is 10.9. The van der Waals surface area contributed by atoms with Crippen molar-refractivity contribution in [2.45, 2.75) is 6.54 Å². The maximum atomic E-state index is 12.5. The van der Waals surface area contributed by atoms with Crippen LogP contribution >= 0.6 is 0 Å². The second-order valence-electron chi connectivity index (χ2n) is 7.04. The molecule has 0 bridgehead atoms. The van der Waals surface area contributed by atoms with E-state index in [2.05, 4.69) is 15.3 Å². The lowest BCUT2D eigenvalue weighted by Gasteiger charge is -2.09. The summed E-state index contributed by atoms with van der Waals surface area (Å²) in [4.78, 5) is 21.0. The van der Waals surface area contributed by atoms with Gasteiger partial charge in [0.05, 0.1) is 30.9 Å². The lowest BCUT2D eigenvalue weighted by Crippen LogP contribution is -2.22. The molecule has 0 saturated heterocycles. The molecule has 32 heavy (non-hydrogen) atoms. The molecule has 164 valence electrons. The Bertz CT molecular complexity index is 1160. The molecule has 8 heteroatoms. The van der Waals surface area contributed by atoms with E-state index in [0.29, 0.717) is 31.9 Å². The second kappa shape index (κ2) is 10.5. The minimum atomic E-state index is -0.158. The first-order chi connectivity index (χ1) is 15.7. The van der Waals surface area contributed by atoms with Gasteiger partial charge in [-0.1, -0.05) is 6.07 Å². The number of fused-ring (bicyclic) bond motifs is 1. The van der Waals surface area contributed by atoms with E-state index in [0.717, 1.165) is 28.0 Å². The number of rotatable bonds is 10. The molecule has 2 heterocycles. The van der Waals surface area contributed by atoms with Crippen LogP contribution in [0, 0.1) is 0 Å². The Morgan fingerprint density at radius 2 is 1.94 bits per heavy atom. The predicted octanol–water partition coefficient (Wildman–Crippen LogP) is 2.74. The highest BCUT2D eigenvalue weighted by atomic mass is 16.5. The Labute approximate surface area is 185 Å². The van der Waals surface area contributed by atoms with Gasteiger partial charge in [-0.25, -0.2) is 4.98 Å². The molecule has 2 aromatic heterocycles. The third kappa shape index (κ3) is 5.29. The summed E-state index contributed by atoms with van der Waals surface area (Å²) in [5.74, 6) is 0.577. The third-order valence-electron chi connectivity index (χ3n) is 4.83. The fourth-order valence-corrected chi connectivity index (χ4v) is 3.23. The number of ether oxygens (including phenoxy) is 2. The van der Waals surface area contributed by atoms with Gasteiger partial charge in [-0.2, -0.15) is 0 Å². The summed E-state index contributed by atoms with van der Waals surface area (Å²) in [6.07, 6.45) is 5.17. The smallest absolute Gasteiger partial charge is 0.251 e. The number of aliphatic hydroxyl groups is 1. The number of carbonyl (C=O) groups is 1. The molecule has 0 saturated carbocycles. The molecule has 0 atom stereocenters. The van der Waals surface area contributed by atoms with Crippen molar-refractivity contribution in [3.8, 4) is 11.4 Å². The Morgan fingerprint density at radius 1 is 1.06 bits per heavy atom. The van der Waals surface area contributed by atoms with Crippen LogP contribution in [0.5, 0.6) is 5.75 Å². The molecule has 1 amide bonds.